The maximum atomic E-state index is 12.5. The summed E-state index contributed by atoms with van der Waals surface area (Å²) < 4.78 is 1.29. The predicted molar refractivity (Wildman–Crippen MR) is 101 cm³/mol. The van der Waals surface area contributed by atoms with Crippen LogP contribution in [0.25, 0.3) is 0 Å². The summed E-state index contributed by atoms with van der Waals surface area (Å²) in [5.74, 6) is -0.339. The maximum absolute atomic E-state index is 12.5. The zero-order chi connectivity index (χ0) is 18.5. The average molecular weight is 368 g/mol. The Labute approximate surface area is 156 Å². The highest BCUT2D eigenvalue weighted by Crippen LogP contribution is 2.16. The summed E-state index contributed by atoms with van der Waals surface area (Å²) in [6.45, 7) is 2.19. The minimum absolute atomic E-state index is 0.196. The summed E-state index contributed by atoms with van der Waals surface area (Å²) in [5.41, 5.74) is 1.81. The third kappa shape index (κ3) is 4.37. The first-order valence-electron chi connectivity index (χ1n) is 8.21. The molecule has 2 aromatic carbocycles. The van der Waals surface area contributed by atoms with Crippen LogP contribution in [-0.4, -0.2) is 15.7 Å². The Morgan fingerprint density at radius 3 is 2.46 bits per heavy atom. The van der Waals surface area contributed by atoms with E-state index in [1.807, 2.05) is 49.4 Å². The van der Waals surface area contributed by atoms with E-state index in [2.05, 4.69) is 10.4 Å². The summed E-state index contributed by atoms with van der Waals surface area (Å²) in [6.07, 6.45) is 0. The van der Waals surface area contributed by atoms with E-state index in [4.69, 9.17) is 11.6 Å². The van der Waals surface area contributed by atoms with Crippen LogP contribution in [0.2, 0.25) is 5.02 Å². The fourth-order valence-corrected chi connectivity index (χ4v) is 2.67. The number of hydrogen-bond acceptors (Lipinski definition) is 3. The van der Waals surface area contributed by atoms with Gasteiger partial charge in [0.2, 0.25) is 0 Å². The van der Waals surface area contributed by atoms with Crippen molar-refractivity contribution in [3.63, 3.8) is 0 Å². The van der Waals surface area contributed by atoms with E-state index in [9.17, 15) is 9.59 Å². The van der Waals surface area contributed by atoms with E-state index in [-0.39, 0.29) is 23.2 Å². The van der Waals surface area contributed by atoms with Crippen LogP contribution in [0.5, 0.6) is 0 Å². The lowest BCUT2D eigenvalue weighted by Gasteiger charge is -2.14. The Morgan fingerprint density at radius 1 is 1.08 bits per heavy atom. The molecule has 1 heterocycles. The number of halogens is 1. The molecule has 1 atom stereocenters. The fraction of sp³-hybridized carbons (Fsp3) is 0.150. The summed E-state index contributed by atoms with van der Waals surface area (Å²) in [7, 11) is 0. The lowest BCUT2D eigenvalue weighted by molar-refractivity contribution is 0.0932. The van der Waals surface area contributed by atoms with Crippen LogP contribution in [-0.2, 0) is 6.54 Å². The molecule has 0 spiro atoms. The van der Waals surface area contributed by atoms with Gasteiger partial charge in [-0.3, -0.25) is 9.59 Å². The van der Waals surface area contributed by atoms with Gasteiger partial charge in [-0.05, 0) is 36.2 Å². The molecule has 1 amide bonds. The van der Waals surface area contributed by atoms with E-state index >= 15 is 0 Å². The Bertz CT molecular complexity index is 953. The maximum Gasteiger partial charge on any atom is 0.272 e. The van der Waals surface area contributed by atoms with Crippen molar-refractivity contribution in [1.82, 2.24) is 15.1 Å². The van der Waals surface area contributed by atoms with Crippen molar-refractivity contribution >= 4 is 17.5 Å². The minimum atomic E-state index is -0.339. The zero-order valence-electron chi connectivity index (χ0n) is 14.2. The van der Waals surface area contributed by atoms with Crippen LogP contribution in [0.4, 0.5) is 0 Å². The second-order valence-corrected chi connectivity index (χ2v) is 6.38. The Morgan fingerprint density at radius 2 is 1.77 bits per heavy atom. The average Bonchev–Trinajstić information content (AvgIpc) is 2.65. The van der Waals surface area contributed by atoms with Crippen molar-refractivity contribution in [3.05, 3.63) is 98.9 Å². The molecular formula is C20H18ClN3O2. The van der Waals surface area contributed by atoms with Crippen molar-refractivity contribution in [3.8, 4) is 0 Å². The molecule has 0 radical (unpaired) electrons. The third-order valence-corrected chi connectivity index (χ3v) is 4.24. The van der Waals surface area contributed by atoms with Crippen molar-refractivity contribution < 1.29 is 4.79 Å². The normalized spacial score (nSPS) is 11.8. The fourth-order valence-electron chi connectivity index (χ4n) is 2.55. The molecule has 0 saturated heterocycles. The lowest BCUT2D eigenvalue weighted by Crippen LogP contribution is -2.31. The van der Waals surface area contributed by atoms with Crippen molar-refractivity contribution in [2.75, 3.05) is 0 Å². The standard InChI is InChI=1S/C20H18ClN3O2/c1-14(16-7-9-17(21)10-8-16)22-20(26)18-11-12-19(25)24(23-18)13-15-5-3-2-4-6-15/h2-12,14H,13H2,1H3,(H,22,26). The highest BCUT2D eigenvalue weighted by molar-refractivity contribution is 6.30. The molecule has 0 aliphatic rings. The summed E-state index contributed by atoms with van der Waals surface area (Å²) >= 11 is 5.89. The number of amides is 1. The van der Waals surface area contributed by atoms with Gasteiger partial charge in [0.1, 0.15) is 5.69 Å². The van der Waals surface area contributed by atoms with E-state index in [0.29, 0.717) is 11.6 Å². The highest BCUT2D eigenvalue weighted by atomic mass is 35.5. The van der Waals surface area contributed by atoms with Crippen LogP contribution in [0, 0.1) is 0 Å². The van der Waals surface area contributed by atoms with Gasteiger partial charge in [-0.1, -0.05) is 54.1 Å². The number of carbonyl (C=O) groups is 1. The van der Waals surface area contributed by atoms with Crippen LogP contribution >= 0.6 is 11.6 Å². The van der Waals surface area contributed by atoms with Crippen LogP contribution in [0.15, 0.2) is 71.5 Å². The number of aromatic nitrogens is 2. The molecule has 0 aliphatic carbocycles. The predicted octanol–water partition coefficient (Wildman–Crippen LogP) is 3.44. The molecule has 0 bridgehead atoms. The van der Waals surface area contributed by atoms with Gasteiger partial charge in [0, 0.05) is 11.1 Å². The van der Waals surface area contributed by atoms with Crippen molar-refractivity contribution in [2.24, 2.45) is 0 Å². The van der Waals surface area contributed by atoms with E-state index < -0.39 is 0 Å². The monoisotopic (exact) mass is 367 g/mol. The lowest BCUT2D eigenvalue weighted by atomic mass is 10.1. The van der Waals surface area contributed by atoms with Gasteiger partial charge in [-0.2, -0.15) is 5.10 Å². The second-order valence-electron chi connectivity index (χ2n) is 5.95. The SMILES string of the molecule is CC(NC(=O)c1ccc(=O)n(Cc2ccccc2)n1)c1ccc(Cl)cc1. The van der Waals surface area contributed by atoms with Crippen LogP contribution in [0.1, 0.15) is 34.6 Å². The smallest absolute Gasteiger partial charge is 0.272 e. The highest BCUT2D eigenvalue weighted by Gasteiger charge is 2.14. The van der Waals surface area contributed by atoms with Crippen molar-refractivity contribution in [2.45, 2.75) is 19.5 Å². The first-order chi connectivity index (χ1) is 12.5. The summed E-state index contributed by atoms with van der Waals surface area (Å²) in [5, 5.41) is 7.72. The van der Waals surface area contributed by atoms with E-state index in [1.165, 1.54) is 16.8 Å². The molecule has 1 unspecified atom stereocenters. The van der Waals surface area contributed by atoms with Gasteiger partial charge in [-0.15, -0.1) is 0 Å². The number of nitrogens with one attached hydrogen (secondary N) is 1. The first kappa shape index (κ1) is 17.9. The summed E-state index contributed by atoms with van der Waals surface area (Å²) in [4.78, 5) is 24.5. The molecule has 6 heteroatoms. The molecule has 0 saturated carbocycles. The molecule has 3 rings (SSSR count). The number of benzene rings is 2. The van der Waals surface area contributed by atoms with Crippen LogP contribution < -0.4 is 10.9 Å². The van der Waals surface area contributed by atoms with Gasteiger partial charge < -0.3 is 5.32 Å². The second kappa shape index (κ2) is 7.97. The summed E-state index contributed by atoms with van der Waals surface area (Å²) in [6, 6.07) is 19.4. The Hall–Kier alpha value is -2.92. The molecule has 0 fully saturated rings. The third-order valence-electron chi connectivity index (χ3n) is 3.99. The Balaban J connectivity index is 1.76. The number of hydrogen-bond donors (Lipinski definition) is 1. The van der Waals surface area contributed by atoms with Crippen LogP contribution in [0.3, 0.4) is 0 Å². The number of nitrogens with zero attached hydrogens (tertiary/aromatic N) is 2. The molecule has 3 aromatic rings. The van der Waals surface area contributed by atoms with Gasteiger partial charge >= 0.3 is 0 Å². The number of rotatable bonds is 5. The molecule has 0 aliphatic heterocycles. The van der Waals surface area contributed by atoms with Crippen molar-refractivity contribution in [1.29, 1.82) is 0 Å². The topological polar surface area (TPSA) is 64.0 Å². The molecule has 1 N–H and O–H groups in total. The van der Waals surface area contributed by atoms with Gasteiger partial charge in [-0.25, -0.2) is 4.68 Å². The zero-order valence-corrected chi connectivity index (χ0v) is 15.0. The van der Waals surface area contributed by atoms with Gasteiger partial charge in [0.05, 0.1) is 12.6 Å². The largest absolute Gasteiger partial charge is 0.344 e. The Kier molecular flexibility index (Phi) is 5.49. The van der Waals surface area contributed by atoms with E-state index in [0.717, 1.165) is 11.1 Å². The van der Waals surface area contributed by atoms with Gasteiger partial charge in [0.15, 0.2) is 0 Å². The molecule has 26 heavy (non-hydrogen) atoms. The first-order valence-corrected chi connectivity index (χ1v) is 8.59. The minimum Gasteiger partial charge on any atom is -0.344 e. The molecule has 5 nitrogen and oxygen atoms in total. The number of carbonyl (C=O) groups excluding carboxylic acids is 1. The van der Waals surface area contributed by atoms with Gasteiger partial charge in [0.25, 0.3) is 11.5 Å². The molecular weight excluding hydrogens is 350 g/mol. The molecule has 1 aromatic heterocycles. The van der Waals surface area contributed by atoms with E-state index in [1.54, 1.807) is 12.1 Å². The molecule has 132 valence electrons. The quantitative estimate of drug-likeness (QED) is 0.751.